The predicted octanol–water partition coefficient (Wildman–Crippen LogP) is 1.45. The second-order valence-electron chi connectivity index (χ2n) is 4.69. The molecule has 0 aliphatic heterocycles. The van der Waals surface area contributed by atoms with Gasteiger partial charge in [0.2, 0.25) is 0 Å². The fourth-order valence-corrected chi connectivity index (χ4v) is 2.55. The number of ether oxygens (including phenoxy) is 2. The van der Waals surface area contributed by atoms with Gasteiger partial charge in [-0.2, -0.15) is 0 Å². The van der Waals surface area contributed by atoms with Gasteiger partial charge in [-0.15, -0.1) is 0 Å². The van der Waals surface area contributed by atoms with Gasteiger partial charge >= 0.3 is 12.3 Å². The van der Waals surface area contributed by atoms with E-state index in [0.717, 1.165) is 0 Å². The van der Waals surface area contributed by atoms with Crippen LogP contribution in [0.3, 0.4) is 0 Å². The van der Waals surface area contributed by atoms with Gasteiger partial charge < -0.3 is 24.1 Å². The van der Waals surface area contributed by atoms with Gasteiger partial charge in [0.1, 0.15) is 12.7 Å². The van der Waals surface area contributed by atoms with E-state index in [-0.39, 0.29) is 12.2 Å². The molecule has 0 spiro atoms. The molecule has 0 aliphatic rings. The van der Waals surface area contributed by atoms with E-state index in [1.165, 1.54) is 0 Å². The van der Waals surface area contributed by atoms with E-state index in [1.807, 2.05) is 20.8 Å². The first-order valence-electron chi connectivity index (χ1n) is 5.60. The van der Waals surface area contributed by atoms with Crippen LogP contribution in [0.25, 0.3) is 0 Å². The van der Waals surface area contributed by atoms with E-state index >= 15 is 0 Å². The maximum absolute atomic E-state index is 10.4. The van der Waals surface area contributed by atoms with Crippen molar-refractivity contribution in [3.63, 3.8) is 0 Å². The molecular formula is C10H20O7Si. The van der Waals surface area contributed by atoms with Crippen LogP contribution in [-0.2, 0) is 13.9 Å². The van der Waals surface area contributed by atoms with Crippen LogP contribution >= 0.6 is 0 Å². The molecule has 0 rings (SSSR count). The lowest BCUT2D eigenvalue weighted by Gasteiger charge is -2.21. The average molecular weight is 280 g/mol. The Labute approximate surface area is 108 Å². The SMILES string of the molecule is CC(C)(C)O[SiH2]CCC(COC(=O)O)OC(=O)O. The summed E-state index contributed by atoms with van der Waals surface area (Å²) in [7, 11) is -0.782. The summed E-state index contributed by atoms with van der Waals surface area (Å²) in [5, 5.41) is 16.8. The van der Waals surface area contributed by atoms with E-state index in [9.17, 15) is 9.59 Å². The third-order valence-electron chi connectivity index (χ3n) is 1.87. The van der Waals surface area contributed by atoms with Gasteiger partial charge in [0.15, 0.2) is 9.76 Å². The van der Waals surface area contributed by atoms with E-state index in [0.29, 0.717) is 12.5 Å². The number of carboxylic acid groups (broad SMARTS) is 2. The van der Waals surface area contributed by atoms with Crippen molar-refractivity contribution < 1.29 is 33.7 Å². The van der Waals surface area contributed by atoms with Crippen LogP contribution < -0.4 is 0 Å². The van der Waals surface area contributed by atoms with Crippen LogP contribution in [0.4, 0.5) is 9.59 Å². The van der Waals surface area contributed by atoms with Gasteiger partial charge in [0, 0.05) is 5.60 Å². The van der Waals surface area contributed by atoms with Gasteiger partial charge in [-0.05, 0) is 33.2 Å². The van der Waals surface area contributed by atoms with Crippen molar-refractivity contribution in [2.45, 2.75) is 44.9 Å². The minimum absolute atomic E-state index is 0.201. The molecule has 2 N–H and O–H groups in total. The summed E-state index contributed by atoms with van der Waals surface area (Å²) in [4.78, 5) is 20.6. The van der Waals surface area contributed by atoms with Crippen molar-refractivity contribution in [2.75, 3.05) is 6.61 Å². The zero-order valence-electron chi connectivity index (χ0n) is 10.8. The largest absolute Gasteiger partial charge is 0.506 e. The summed E-state index contributed by atoms with van der Waals surface area (Å²) in [6.07, 6.45) is -3.25. The minimum atomic E-state index is -1.45. The molecule has 0 radical (unpaired) electrons. The van der Waals surface area contributed by atoms with Crippen LogP contribution in [0.2, 0.25) is 6.04 Å². The molecule has 1 unspecified atom stereocenters. The molecule has 0 heterocycles. The Balaban J connectivity index is 3.93. The Morgan fingerprint density at radius 3 is 2.28 bits per heavy atom. The molecule has 0 saturated heterocycles. The smallest absolute Gasteiger partial charge is 0.450 e. The average Bonchev–Trinajstić information content (AvgIpc) is 2.18. The monoisotopic (exact) mass is 280 g/mol. The first-order valence-corrected chi connectivity index (χ1v) is 7.17. The van der Waals surface area contributed by atoms with E-state index in [4.69, 9.17) is 14.6 Å². The van der Waals surface area contributed by atoms with Crippen LogP contribution in [-0.4, -0.2) is 50.6 Å². The molecule has 0 aromatic rings. The molecule has 7 nitrogen and oxygen atoms in total. The molecule has 0 fully saturated rings. The zero-order chi connectivity index (χ0) is 14.2. The Morgan fingerprint density at radius 2 is 1.83 bits per heavy atom. The molecular weight excluding hydrogens is 260 g/mol. The standard InChI is InChI=1S/C10H20O7Si/c1-10(2,3)17-18-5-4-7(16-9(13)14)6-15-8(11)12/h7H,4-6,18H2,1-3H3,(H,11,12)(H,13,14). The third-order valence-corrected chi connectivity index (χ3v) is 3.63. The fraction of sp³-hybridized carbons (Fsp3) is 0.800. The van der Waals surface area contributed by atoms with Crippen molar-refractivity contribution in [2.24, 2.45) is 0 Å². The maximum Gasteiger partial charge on any atom is 0.506 e. The lowest BCUT2D eigenvalue weighted by Crippen LogP contribution is -2.26. The summed E-state index contributed by atoms with van der Waals surface area (Å²) in [6.45, 7) is 5.54. The van der Waals surface area contributed by atoms with Crippen LogP contribution in [0, 0.1) is 0 Å². The topological polar surface area (TPSA) is 102 Å². The van der Waals surface area contributed by atoms with Crippen molar-refractivity contribution >= 4 is 22.1 Å². The molecule has 1 atom stereocenters. The third kappa shape index (κ3) is 11.2. The summed E-state index contributed by atoms with van der Waals surface area (Å²) < 4.78 is 14.4. The van der Waals surface area contributed by atoms with E-state index < -0.39 is 28.2 Å². The predicted molar refractivity (Wildman–Crippen MR) is 65.7 cm³/mol. The van der Waals surface area contributed by atoms with E-state index in [2.05, 4.69) is 9.47 Å². The summed E-state index contributed by atoms with van der Waals surface area (Å²) >= 11 is 0. The van der Waals surface area contributed by atoms with Crippen LogP contribution in [0.5, 0.6) is 0 Å². The molecule has 8 heteroatoms. The highest BCUT2D eigenvalue weighted by atomic mass is 28.2. The van der Waals surface area contributed by atoms with Crippen molar-refractivity contribution in [1.29, 1.82) is 0 Å². The first-order chi connectivity index (χ1) is 8.20. The van der Waals surface area contributed by atoms with Crippen LogP contribution in [0.15, 0.2) is 0 Å². The van der Waals surface area contributed by atoms with Gasteiger partial charge in [-0.1, -0.05) is 0 Å². The number of rotatable bonds is 7. The zero-order valence-corrected chi connectivity index (χ0v) is 12.3. The van der Waals surface area contributed by atoms with Crippen molar-refractivity contribution in [3.05, 3.63) is 0 Å². The number of carbonyl (C=O) groups is 2. The summed E-state index contributed by atoms with van der Waals surface area (Å²) in [5.74, 6) is 0. The molecule has 106 valence electrons. The fourth-order valence-electron chi connectivity index (χ4n) is 1.17. The molecule has 0 amide bonds. The Morgan fingerprint density at radius 1 is 1.22 bits per heavy atom. The summed E-state index contributed by atoms with van der Waals surface area (Å²) in [6, 6.07) is 0.693. The van der Waals surface area contributed by atoms with Gasteiger partial charge in [0.25, 0.3) is 0 Å². The quantitative estimate of drug-likeness (QED) is 0.413. The Hall–Kier alpha value is -1.28. The number of hydrogen-bond donors (Lipinski definition) is 2. The lowest BCUT2D eigenvalue weighted by molar-refractivity contribution is 0.00330. The molecule has 0 aromatic carbocycles. The maximum atomic E-state index is 10.4. The molecule has 0 aliphatic carbocycles. The second kappa shape index (κ2) is 7.93. The van der Waals surface area contributed by atoms with Crippen molar-refractivity contribution in [1.82, 2.24) is 0 Å². The minimum Gasteiger partial charge on any atom is -0.450 e. The highest BCUT2D eigenvalue weighted by Gasteiger charge is 2.17. The molecule has 0 saturated carbocycles. The van der Waals surface area contributed by atoms with Crippen molar-refractivity contribution in [3.8, 4) is 0 Å². The van der Waals surface area contributed by atoms with E-state index in [1.54, 1.807) is 0 Å². The van der Waals surface area contributed by atoms with Crippen LogP contribution in [0.1, 0.15) is 27.2 Å². The normalized spacial score (nSPS) is 13.5. The highest BCUT2D eigenvalue weighted by molar-refractivity contribution is 6.27. The van der Waals surface area contributed by atoms with Gasteiger partial charge in [-0.3, -0.25) is 0 Å². The molecule has 0 bridgehead atoms. The molecule has 18 heavy (non-hydrogen) atoms. The Bertz CT molecular complexity index is 274. The highest BCUT2D eigenvalue weighted by Crippen LogP contribution is 2.09. The molecule has 0 aromatic heterocycles. The summed E-state index contributed by atoms with van der Waals surface area (Å²) in [5.41, 5.74) is -0.201. The first kappa shape index (κ1) is 16.7. The number of hydrogen-bond acceptors (Lipinski definition) is 5. The van der Waals surface area contributed by atoms with Gasteiger partial charge in [0.05, 0.1) is 0 Å². The second-order valence-corrected chi connectivity index (χ2v) is 6.09. The van der Waals surface area contributed by atoms with Gasteiger partial charge in [-0.25, -0.2) is 9.59 Å². The Kier molecular flexibility index (Phi) is 7.37. The lowest BCUT2D eigenvalue weighted by atomic mass is 10.2.